The van der Waals surface area contributed by atoms with Crippen LogP contribution in [0.5, 0.6) is 5.75 Å². The van der Waals surface area contributed by atoms with Crippen LogP contribution in [0.2, 0.25) is 0 Å². The number of carbonyl (C=O) groups excluding carboxylic acids is 2. The molecule has 0 unspecified atom stereocenters. The average molecular weight is 295 g/mol. The fraction of sp³-hybridized carbons (Fsp3) is 0.167. The van der Waals surface area contributed by atoms with E-state index in [9.17, 15) is 19.1 Å². The maximum Gasteiger partial charge on any atom is 0.341 e. The van der Waals surface area contributed by atoms with Gasteiger partial charge in [0.05, 0.1) is 12.7 Å². The van der Waals surface area contributed by atoms with Crippen LogP contribution in [-0.4, -0.2) is 34.2 Å². The van der Waals surface area contributed by atoms with E-state index in [1.165, 1.54) is 18.2 Å². The molecule has 1 aromatic carbocycles. The Hall–Kier alpha value is -2.97. The highest BCUT2D eigenvalue weighted by Crippen LogP contribution is 2.24. The quantitative estimate of drug-likeness (QED) is 0.816. The summed E-state index contributed by atoms with van der Waals surface area (Å²) in [6.07, 6.45) is 0. The summed E-state index contributed by atoms with van der Waals surface area (Å²) < 4.78 is 21.3. The van der Waals surface area contributed by atoms with Crippen LogP contribution in [0.25, 0.3) is 0 Å². The van der Waals surface area contributed by atoms with E-state index < -0.39 is 24.3 Å². The zero-order chi connectivity index (χ0) is 15.4. The zero-order valence-electron chi connectivity index (χ0n) is 10.8. The highest BCUT2D eigenvalue weighted by molar-refractivity contribution is 6.07. The molecule has 1 aromatic heterocycles. The van der Waals surface area contributed by atoms with Gasteiger partial charge in [-0.2, -0.15) is 4.98 Å². The number of amides is 1. The Bertz CT molecular complexity index is 685. The Balaban J connectivity index is 2.25. The first-order chi connectivity index (χ1) is 10.1. The molecule has 0 aliphatic rings. The number of hydrogen-bond donors (Lipinski definition) is 2. The Morgan fingerprint density at radius 3 is 2.76 bits per heavy atom. The maximum atomic E-state index is 12.3. The zero-order valence-corrected chi connectivity index (χ0v) is 10.8. The van der Waals surface area contributed by atoms with Gasteiger partial charge in [-0.05, 0) is 12.1 Å². The molecule has 21 heavy (non-hydrogen) atoms. The standard InChI is InChI=1S/C12H10FN3O5/c1-20-11(19)7-4-2-3-6(9(7)17)10(18)15-12-14-8(5-13)16-21-12/h2-4,17H,5H2,1H3,(H,14,15,16,18). The summed E-state index contributed by atoms with van der Waals surface area (Å²) in [5, 5.41) is 15.3. The largest absolute Gasteiger partial charge is 0.506 e. The second kappa shape index (κ2) is 5.99. The predicted molar refractivity (Wildman–Crippen MR) is 66.5 cm³/mol. The summed E-state index contributed by atoms with van der Waals surface area (Å²) in [5.74, 6) is -2.36. The number of hydrogen-bond acceptors (Lipinski definition) is 7. The van der Waals surface area contributed by atoms with E-state index in [-0.39, 0.29) is 23.0 Å². The van der Waals surface area contributed by atoms with Gasteiger partial charge in [0.15, 0.2) is 6.67 Å². The summed E-state index contributed by atoms with van der Waals surface area (Å²) in [6.45, 7) is -0.942. The van der Waals surface area contributed by atoms with Gasteiger partial charge in [-0.1, -0.05) is 11.2 Å². The number of rotatable bonds is 4. The lowest BCUT2D eigenvalue weighted by molar-refractivity contribution is 0.0597. The molecule has 9 heteroatoms. The Morgan fingerprint density at radius 2 is 2.14 bits per heavy atom. The molecule has 0 aliphatic carbocycles. The van der Waals surface area contributed by atoms with Crippen LogP contribution in [0.3, 0.4) is 0 Å². The van der Waals surface area contributed by atoms with Crippen molar-refractivity contribution < 1.29 is 28.3 Å². The van der Waals surface area contributed by atoms with Crippen molar-refractivity contribution in [1.82, 2.24) is 10.1 Å². The van der Waals surface area contributed by atoms with E-state index in [1.807, 2.05) is 0 Å². The number of phenolic OH excluding ortho intramolecular Hbond substituents is 1. The molecule has 0 saturated carbocycles. The molecule has 0 aliphatic heterocycles. The molecule has 0 spiro atoms. The van der Waals surface area contributed by atoms with Gasteiger partial charge in [0.1, 0.15) is 11.3 Å². The number of phenols is 1. The number of aromatic nitrogens is 2. The minimum Gasteiger partial charge on any atom is -0.506 e. The van der Waals surface area contributed by atoms with Crippen LogP contribution in [0.15, 0.2) is 22.7 Å². The molecule has 2 aromatic rings. The number of anilines is 1. The highest BCUT2D eigenvalue weighted by atomic mass is 19.1. The monoisotopic (exact) mass is 295 g/mol. The van der Waals surface area contributed by atoms with Crippen molar-refractivity contribution in [2.24, 2.45) is 0 Å². The van der Waals surface area contributed by atoms with Crippen LogP contribution in [0.1, 0.15) is 26.5 Å². The van der Waals surface area contributed by atoms with Crippen molar-refractivity contribution in [2.75, 3.05) is 12.4 Å². The average Bonchev–Trinajstić information content (AvgIpc) is 2.94. The number of methoxy groups -OCH3 is 1. The lowest BCUT2D eigenvalue weighted by Gasteiger charge is -2.07. The van der Waals surface area contributed by atoms with E-state index in [1.54, 1.807) is 0 Å². The third-order valence-corrected chi connectivity index (χ3v) is 2.49. The molecule has 0 fully saturated rings. The number of carbonyl (C=O) groups is 2. The second-order valence-electron chi connectivity index (χ2n) is 3.80. The minimum absolute atomic E-state index is 0.167. The lowest BCUT2D eigenvalue weighted by atomic mass is 10.1. The van der Waals surface area contributed by atoms with E-state index >= 15 is 0 Å². The number of benzene rings is 1. The molecule has 0 saturated heterocycles. The molecule has 0 radical (unpaired) electrons. The number of ether oxygens (including phenoxy) is 1. The molecule has 1 heterocycles. The van der Waals surface area contributed by atoms with Crippen LogP contribution >= 0.6 is 0 Å². The molecule has 0 bridgehead atoms. The van der Waals surface area contributed by atoms with Crippen molar-refractivity contribution in [3.63, 3.8) is 0 Å². The minimum atomic E-state index is -0.942. The van der Waals surface area contributed by atoms with Crippen molar-refractivity contribution in [1.29, 1.82) is 0 Å². The Kier molecular flexibility index (Phi) is 4.12. The summed E-state index contributed by atoms with van der Waals surface area (Å²) >= 11 is 0. The lowest BCUT2D eigenvalue weighted by Crippen LogP contribution is -2.14. The van der Waals surface area contributed by atoms with Crippen LogP contribution < -0.4 is 5.32 Å². The fourth-order valence-corrected chi connectivity index (χ4v) is 1.52. The maximum absolute atomic E-state index is 12.3. The molecular weight excluding hydrogens is 285 g/mol. The van der Waals surface area contributed by atoms with Crippen molar-refractivity contribution in [3.8, 4) is 5.75 Å². The molecule has 2 N–H and O–H groups in total. The Labute approximate surface area is 117 Å². The third-order valence-electron chi connectivity index (χ3n) is 2.49. The number of aromatic hydroxyl groups is 1. The topological polar surface area (TPSA) is 115 Å². The van der Waals surface area contributed by atoms with Gasteiger partial charge in [0.2, 0.25) is 5.82 Å². The van der Waals surface area contributed by atoms with Crippen molar-refractivity contribution in [2.45, 2.75) is 6.67 Å². The third kappa shape index (κ3) is 2.96. The smallest absolute Gasteiger partial charge is 0.341 e. The number of alkyl halides is 1. The first-order valence-electron chi connectivity index (χ1n) is 5.67. The number of halogens is 1. The number of nitrogens with one attached hydrogen (secondary N) is 1. The molecule has 8 nitrogen and oxygen atoms in total. The SMILES string of the molecule is COC(=O)c1cccc(C(=O)Nc2nc(CF)no2)c1O. The Morgan fingerprint density at radius 1 is 1.43 bits per heavy atom. The van der Waals surface area contributed by atoms with Gasteiger partial charge in [-0.15, -0.1) is 0 Å². The van der Waals surface area contributed by atoms with E-state index in [0.717, 1.165) is 7.11 Å². The number of nitrogens with zero attached hydrogens (tertiary/aromatic N) is 2. The summed E-state index contributed by atoms with van der Waals surface area (Å²) in [4.78, 5) is 26.9. The summed E-state index contributed by atoms with van der Waals surface area (Å²) in [6, 6.07) is 3.65. The first-order valence-corrected chi connectivity index (χ1v) is 5.67. The van der Waals surface area contributed by atoms with Gasteiger partial charge in [-0.25, -0.2) is 9.18 Å². The molecule has 0 atom stereocenters. The second-order valence-corrected chi connectivity index (χ2v) is 3.80. The molecule has 2 rings (SSSR count). The van der Waals surface area contributed by atoms with Crippen molar-refractivity contribution in [3.05, 3.63) is 35.2 Å². The normalized spacial score (nSPS) is 10.2. The molecular formula is C12H10FN3O5. The van der Waals surface area contributed by atoms with E-state index in [0.29, 0.717) is 0 Å². The van der Waals surface area contributed by atoms with Gasteiger partial charge in [-0.3, -0.25) is 10.1 Å². The fourth-order valence-electron chi connectivity index (χ4n) is 1.52. The summed E-state index contributed by atoms with van der Waals surface area (Å²) in [7, 11) is 1.14. The van der Waals surface area contributed by atoms with Gasteiger partial charge in [0.25, 0.3) is 5.91 Å². The van der Waals surface area contributed by atoms with Crippen molar-refractivity contribution >= 4 is 17.9 Å². The van der Waals surface area contributed by atoms with Gasteiger partial charge < -0.3 is 14.4 Å². The first kappa shape index (κ1) is 14.4. The summed E-state index contributed by atoms with van der Waals surface area (Å²) in [5.41, 5.74) is -0.363. The van der Waals surface area contributed by atoms with E-state index in [4.69, 9.17) is 0 Å². The van der Waals surface area contributed by atoms with Gasteiger partial charge >= 0.3 is 12.0 Å². The number of para-hydroxylation sites is 1. The predicted octanol–water partition coefficient (Wildman–Crippen LogP) is 1.28. The number of esters is 1. The van der Waals surface area contributed by atoms with E-state index in [2.05, 4.69) is 24.7 Å². The molecule has 110 valence electrons. The molecule has 1 amide bonds. The van der Waals surface area contributed by atoms with Gasteiger partial charge in [0, 0.05) is 0 Å². The van der Waals surface area contributed by atoms with Crippen LogP contribution in [0.4, 0.5) is 10.4 Å². The highest BCUT2D eigenvalue weighted by Gasteiger charge is 2.20. The van der Waals surface area contributed by atoms with Crippen LogP contribution in [-0.2, 0) is 11.4 Å². The van der Waals surface area contributed by atoms with Crippen LogP contribution in [0, 0.1) is 0 Å².